The highest BCUT2D eigenvalue weighted by Crippen LogP contribution is 2.29. The third-order valence-corrected chi connectivity index (χ3v) is 6.15. The number of fused-ring (bicyclic) bond motifs is 2. The summed E-state index contributed by atoms with van der Waals surface area (Å²) in [7, 11) is 0. The Kier molecular flexibility index (Phi) is 8.38. The molecule has 0 radical (unpaired) electrons. The van der Waals surface area contributed by atoms with Gasteiger partial charge in [-0.05, 0) is 96.4 Å². The maximum Gasteiger partial charge on any atom is 0.194 e. The van der Waals surface area contributed by atoms with Gasteiger partial charge in [-0.1, -0.05) is 59.2 Å². The van der Waals surface area contributed by atoms with E-state index in [0.29, 0.717) is 22.3 Å². The second kappa shape index (κ2) is 11.2. The predicted octanol–water partition coefficient (Wildman–Crippen LogP) is 7.99. The van der Waals surface area contributed by atoms with Gasteiger partial charge >= 0.3 is 0 Å². The molecule has 0 bridgehead atoms. The van der Waals surface area contributed by atoms with Gasteiger partial charge in [0.15, 0.2) is 11.6 Å². The first-order valence-corrected chi connectivity index (χ1v) is 12.0. The minimum absolute atomic E-state index is 0.0287. The van der Waals surface area contributed by atoms with Crippen molar-refractivity contribution in [2.75, 3.05) is 0 Å². The normalized spacial score (nSPS) is 12.8. The smallest absolute Gasteiger partial charge is 0.194 e. The molecule has 2 aromatic rings. The first kappa shape index (κ1) is 24.6. The van der Waals surface area contributed by atoms with E-state index in [1.54, 1.807) is 0 Å². The Morgan fingerprint density at radius 3 is 1.58 bits per heavy atom. The molecule has 0 atom stereocenters. The van der Waals surface area contributed by atoms with Gasteiger partial charge in [-0.2, -0.15) is 0 Å². The molecule has 0 saturated carbocycles. The zero-order valence-corrected chi connectivity index (χ0v) is 20.8. The van der Waals surface area contributed by atoms with Gasteiger partial charge in [0.05, 0.1) is 0 Å². The monoisotopic (exact) mass is 440 g/mol. The van der Waals surface area contributed by atoms with Gasteiger partial charge in [-0.25, -0.2) is 0 Å². The fraction of sp³-hybridized carbons (Fsp3) is 0.355. The van der Waals surface area contributed by atoms with Crippen LogP contribution in [0.15, 0.2) is 71.3 Å². The van der Waals surface area contributed by atoms with E-state index in [1.807, 2.05) is 36.4 Å². The van der Waals surface area contributed by atoms with Gasteiger partial charge in [0.25, 0.3) is 0 Å². The zero-order valence-electron chi connectivity index (χ0n) is 20.8. The lowest BCUT2D eigenvalue weighted by Crippen LogP contribution is -2.21. The van der Waals surface area contributed by atoms with Crippen molar-refractivity contribution in [3.05, 3.63) is 105 Å². The third kappa shape index (κ3) is 6.51. The summed E-state index contributed by atoms with van der Waals surface area (Å²) in [4.78, 5) is 26.4. The van der Waals surface area contributed by atoms with E-state index in [9.17, 15) is 9.59 Å². The molecule has 0 aromatic heterocycles. The summed E-state index contributed by atoms with van der Waals surface area (Å²) >= 11 is 0. The minimum atomic E-state index is -0.0444. The number of hydrogen-bond donors (Lipinski definition) is 0. The highest BCUT2D eigenvalue weighted by molar-refractivity contribution is 6.28. The van der Waals surface area contributed by atoms with Crippen LogP contribution in [0.4, 0.5) is 0 Å². The summed E-state index contributed by atoms with van der Waals surface area (Å²) in [6.07, 6.45) is 12.5. The highest BCUT2D eigenvalue weighted by Gasteiger charge is 2.29. The molecule has 0 amide bonds. The fourth-order valence-electron chi connectivity index (χ4n) is 4.26. The van der Waals surface area contributed by atoms with Crippen LogP contribution in [0.5, 0.6) is 0 Å². The summed E-state index contributed by atoms with van der Waals surface area (Å²) in [6.45, 7) is 10.6. The molecule has 0 spiro atoms. The maximum absolute atomic E-state index is 13.3. The Labute approximate surface area is 199 Å². The average molecular weight is 441 g/mol. The van der Waals surface area contributed by atoms with Crippen LogP contribution in [0, 0.1) is 0 Å². The second-order valence-electron chi connectivity index (χ2n) is 9.65. The molecule has 1 aliphatic carbocycles. The number of rotatable bonds is 9. The number of carbonyl (C=O) groups excluding carboxylic acids is 2. The first-order chi connectivity index (χ1) is 15.8. The average Bonchev–Trinajstić information content (AvgIpc) is 2.77. The number of ketones is 2. The number of benzene rings is 2. The van der Waals surface area contributed by atoms with Gasteiger partial charge in [0.2, 0.25) is 0 Å². The van der Waals surface area contributed by atoms with Crippen LogP contribution in [0.2, 0.25) is 0 Å². The van der Waals surface area contributed by atoms with Gasteiger partial charge in [0, 0.05) is 22.3 Å². The van der Waals surface area contributed by atoms with Crippen molar-refractivity contribution < 1.29 is 9.59 Å². The highest BCUT2D eigenvalue weighted by atomic mass is 16.1. The van der Waals surface area contributed by atoms with Crippen molar-refractivity contribution in [3.63, 3.8) is 0 Å². The van der Waals surface area contributed by atoms with E-state index < -0.39 is 0 Å². The van der Waals surface area contributed by atoms with Crippen molar-refractivity contribution in [2.45, 2.75) is 73.1 Å². The molecule has 3 rings (SSSR count). The van der Waals surface area contributed by atoms with Crippen LogP contribution in [-0.4, -0.2) is 11.6 Å². The van der Waals surface area contributed by atoms with Gasteiger partial charge < -0.3 is 0 Å². The number of carbonyl (C=O) groups is 2. The summed E-state index contributed by atoms with van der Waals surface area (Å²) < 4.78 is 0. The van der Waals surface area contributed by atoms with Crippen molar-refractivity contribution in [1.29, 1.82) is 0 Å². The number of allylic oxidation sites excluding steroid dienone is 6. The standard InChI is InChI=1S/C31H36O2/c1-21(2)9-6-11-23(5)12-8-14-25-16-18-27-29(20-25)31(33)28-19-24(13-7-10-22(3)4)15-17-26(28)30(27)32/h9-10,12,15-20H,6-8,11,13-14H2,1-5H3. The van der Waals surface area contributed by atoms with E-state index in [0.717, 1.165) is 49.7 Å². The van der Waals surface area contributed by atoms with Crippen LogP contribution in [-0.2, 0) is 12.8 Å². The Bertz CT molecular complexity index is 1130. The molecule has 0 aliphatic heterocycles. The lowest BCUT2D eigenvalue weighted by molar-refractivity contribution is 0.0979. The molecule has 0 fully saturated rings. The molecule has 33 heavy (non-hydrogen) atoms. The summed E-state index contributed by atoms with van der Waals surface area (Å²) in [5, 5.41) is 0. The molecule has 2 nitrogen and oxygen atoms in total. The lowest BCUT2D eigenvalue weighted by Gasteiger charge is -2.19. The Hall–Kier alpha value is -3.00. The summed E-state index contributed by atoms with van der Waals surface area (Å²) in [5.74, 6) is -0.0732. The van der Waals surface area contributed by atoms with Crippen LogP contribution in [0.3, 0.4) is 0 Å². The van der Waals surface area contributed by atoms with Gasteiger partial charge in [0.1, 0.15) is 0 Å². The number of hydrogen-bond acceptors (Lipinski definition) is 2. The molecule has 2 aromatic carbocycles. The van der Waals surface area contributed by atoms with E-state index in [2.05, 4.69) is 52.8 Å². The van der Waals surface area contributed by atoms with Crippen molar-refractivity contribution in [2.24, 2.45) is 0 Å². The Morgan fingerprint density at radius 1 is 0.606 bits per heavy atom. The number of aryl methyl sites for hydroxylation is 2. The third-order valence-electron chi connectivity index (χ3n) is 6.15. The van der Waals surface area contributed by atoms with Crippen LogP contribution >= 0.6 is 0 Å². The zero-order chi connectivity index (χ0) is 24.0. The van der Waals surface area contributed by atoms with Crippen molar-refractivity contribution in [1.82, 2.24) is 0 Å². The summed E-state index contributed by atoms with van der Waals surface area (Å²) in [5.41, 5.74) is 8.41. The minimum Gasteiger partial charge on any atom is -0.289 e. The van der Waals surface area contributed by atoms with E-state index >= 15 is 0 Å². The van der Waals surface area contributed by atoms with Crippen LogP contribution < -0.4 is 0 Å². The van der Waals surface area contributed by atoms with Gasteiger partial charge in [-0.15, -0.1) is 0 Å². The van der Waals surface area contributed by atoms with Crippen molar-refractivity contribution >= 4 is 11.6 Å². The SMILES string of the molecule is CC(C)=CCCC(C)=CCCc1ccc2c(c1)C(=O)c1cc(CCC=C(C)C)ccc1C2=O. The quantitative estimate of drug-likeness (QED) is 0.316. The molecule has 0 unspecified atom stereocenters. The van der Waals surface area contributed by atoms with Gasteiger partial charge in [-0.3, -0.25) is 9.59 Å². The Balaban J connectivity index is 1.73. The Morgan fingerprint density at radius 2 is 1.06 bits per heavy atom. The second-order valence-corrected chi connectivity index (χ2v) is 9.65. The maximum atomic E-state index is 13.3. The summed E-state index contributed by atoms with van der Waals surface area (Å²) in [6, 6.07) is 11.5. The van der Waals surface area contributed by atoms with Crippen LogP contribution in [0.25, 0.3) is 0 Å². The molecular formula is C31H36O2. The molecule has 0 N–H and O–H groups in total. The molecular weight excluding hydrogens is 404 g/mol. The molecule has 1 aliphatic rings. The largest absolute Gasteiger partial charge is 0.289 e. The predicted molar refractivity (Wildman–Crippen MR) is 138 cm³/mol. The fourth-order valence-corrected chi connectivity index (χ4v) is 4.26. The van der Waals surface area contributed by atoms with E-state index in [1.165, 1.54) is 16.7 Å². The molecule has 172 valence electrons. The van der Waals surface area contributed by atoms with Crippen LogP contribution in [0.1, 0.15) is 103 Å². The van der Waals surface area contributed by atoms with E-state index in [4.69, 9.17) is 0 Å². The molecule has 0 heterocycles. The first-order valence-electron chi connectivity index (χ1n) is 12.0. The topological polar surface area (TPSA) is 34.1 Å². The lowest BCUT2D eigenvalue weighted by atomic mass is 9.82. The molecule has 0 saturated heterocycles. The van der Waals surface area contributed by atoms with Crippen molar-refractivity contribution in [3.8, 4) is 0 Å². The molecule has 2 heteroatoms. The van der Waals surface area contributed by atoms with E-state index in [-0.39, 0.29) is 11.6 Å².